The van der Waals surface area contributed by atoms with E-state index >= 15 is 0 Å². The van der Waals surface area contributed by atoms with Crippen LogP contribution in [0, 0.1) is 5.82 Å². The molecule has 2 heterocycles. The minimum absolute atomic E-state index is 0.00731. The molecule has 2 N–H and O–H groups in total. The Morgan fingerprint density at radius 2 is 2.00 bits per heavy atom. The topological polar surface area (TPSA) is 87.8 Å². The number of anilines is 2. The molecule has 4 rings (SSSR count). The molecular formula is C21H17ClFN3O4. The first-order valence-corrected chi connectivity index (χ1v) is 9.24. The highest BCUT2D eigenvalue weighted by Gasteiger charge is 2.31. The van der Waals surface area contributed by atoms with Gasteiger partial charge in [0, 0.05) is 25.2 Å². The van der Waals surface area contributed by atoms with Crippen LogP contribution in [0.15, 0.2) is 40.9 Å². The van der Waals surface area contributed by atoms with Gasteiger partial charge < -0.3 is 24.6 Å². The van der Waals surface area contributed by atoms with Crippen LogP contribution in [0.1, 0.15) is 11.3 Å². The van der Waals surface area contributed by atoms with Crippen molar-refractivity contribution in [3.8, 4) is 17.0 Å². The fourth-order valence-corrected chi connectivity index (χ4v) is 3.55. The lowest BCUT2D eigenvalue weighted by Crippen LogP contribution is -2.10. The van der Waals surface area contributed by atoms with Crippen LogP contribution in [0.5, 0.6) is 5.88 Å². The lowest BCUT2D eigenvalue weighted by atomic mass is 9.98. The van der Waals surface area contributed by atoms with Gasteiger partial charge in [0.15, 0.2) is 5.76 Å². The molecule has 0 radical (unpaired) electrons. The Labute approximate surface area is 176 Å². The lowest BCUT2D eigenvalue weighted by Gasteiger charge is -2.15. The van der Waals surface area contributed by atoms with Crippen molar-refractivity contribution in [2.75, 3.05) is 31.4 Å². The van der Waals surface area contributed by atoms with Crippen LogP contribution in [0.2, 0.25) is 5.02 Å². The summed E-state index contributed by atoms with van der Waals surface area (Å²) in [6.45, 7) is 0. The van der Waals surface area contributed by atoms with E-state index in [0.29, 0.717) is 33.1 Å². The van der Waals surface area contributed by atoms with Crippen molar-refractivity contribution in [1.29, 1.82) is 0 Å². The van der Waals surface area contributed by atoms with E-state index in [2.05, 4.69) is 10.5 Å². The number of carbonyl (C=O) groups excluding carboxylic acids is 1. The van der Waals surface area contributed by atoms with Gasteiger partial charge in [-0.25, -0.2) is 4.39 Å². The van der Waals surface area contributed by atoms with E-state index in [4.69, 9.17) is 20.9 Å². The molecule has 2 aromatic carbocycles. The van der Waals surface area contributed by atoms with Gasteiger partial charge >= 0.3 is 0 Å². The van der Waals surface area contributed by atoms with Crippen LogP contribution in [0.25, 0.3) is 22.5 Å². The Bertz CT molecular complexity index is 1200. The van der Waals surface area contributed by atoms with Crippen molar-refractivity contribution in [2.24, 2.45) is 0 Å². The first-order valence-electron chi connectivity index (χ1n) is 8.87. The number of hydrogen-bond donors (Lipinski definition) is 2. The highest BCUT2D eigenvalue weighted by Crippen LogP contribution is 2.42. The molecular weight excluding hydrogens is 413 g/mol. The average molecular weight is 430 g/mol. The van der Waals surface area contributed by atoms with E-state index in [1.54, 1.807) is 43.3 Å². The van der Waals surface area contributed by atoms with Crippen molar-refractivity contribution < 1.29 is 23.6 Å². The summed E-state index contributed by atoms with van der Waals surface area (Å²) < 4.78 is 24.5. The lowest BCUT2D eigenvalue weighted by molar-refractivity contribution is -0.110. The monoisotopic (exact) mass is 429 g/mol. The summed E-state index contributed by atoms with van der Waals surface area (Å²) in [5.41, 5.74) is 2.30. The molecule has 30 heavy (non-hydrogen) atoms. The molecule has 0 saturated carbocycles. The Hall–Kier alpha value is -3.52. The summed E-state index contributed by atoms with van der Waals surface area (Å²) in [5.74, 6) is -1.20. The van der Waals surface area contributed by atoms with Gasteiger partial charge in [0.1, 0.15) is 5.82 Å². The molecule has 0 spiro atoms. The number of ether oxygens (including phenoxy) is 1. The first-order chi connectivity index (χ1) is 14.3. The molecule has 9 heteroatoms. The van der Waals surface area contributed by atoms with E-state index < -0.39 is 17.5 Å². The second kappa shape index (κ2) is 7.38. The Morgan fingerprint density at radius 3 is 2.63 bits per heavy atom. The summed E-state index contributed by atoms with van der Waals surface area (Å²) in [6, 6.07) is 9.30. The second-order valence-corrected chi connectivity index (χ2v) is 7.26. The largest absolute Gasteiger partial charge is 0.504 e. The maximum atomic E-state index is 14.5. The standard InChI is InChI=1S/C21H17ClFN3O4/c1-26(2)16-5-4-10(6-14(16)23)11-7-12-15(8-13(11)22)24-21(28)19(12)20(27)17-9-18(29-3)25-30-17/h4-9,27H,1-3H3,(H,24,28)/b20-19+. The average Bonchev–Trinajstić information content (AvgIpc) is 3.30. The third-order valence-corrected chi connectivity index (χ3v) is 5.07. The highest BCUT2D eigenvalue weighted by molar-refractivity contribution is 6.38. The minimum atomic E-state index is -0.528. The van der Waals surface area contributed by atoms with Crippen LogP contribution < -0.4 is 15.0 Å². The van der Waals surface area contributed by atoms with Crippen LogP contribution >= 0.6 is 11.6 Å². The number of amides is 1. The van der Waals surface area contributed by atoms with Gasteiger partial charge in [-0.2, -0.15) is 0 Å². The fourth-order valence-electron chi connectivity index (χ4n) is 3.27. The van der Waals surface area contributed by atoms with Gasteiger partial charge in [-0.15, -0.1) is 0 Å². The number of benzene rings is 2. The molecule has 1 aromatic heterocycles. The van der Waals surface area contributed by atoms with E-state index in [-0.39, 0.29) is 17.2 Å². The van der Waals surface area contributed by atoms with Crippen LogP contribution in [0.4, 0.5) is 15.8 Å². The van der Waals surface area contributed by atoms with Gasteiger partial charge in [0.05, 0.1) is 35.1 Å². The zero-order valence-electron chi connectivity index (χ0n) is 16.3. The van der Waals surface area contributed by atoms with Crippen LogP contribution in [0.3, 0.4) is 0 Å². The number of rotatable bonds is 4. The minimum Gasteiger partial charge on any atom is -0.504 e. The summed E-state index contributed by atoms with van der Waals surface area (Å²) in [6.07, 6.45) is 0. The summed E-state index contributed by atoms with van der Waals surface area (Å²) >= 11 is 6.40. The SMILES string of the molecule is COc1cc(/C(O)=C2\C(=O)Nc3cc(Cl)c(-c4ccc(N(C)C)c(F)c4)cc32)on1. The number of carbonyl (C=O) groups is 1. The maximum Gasteiger partial charge on any atom is 0.260 e. The van der Waals surface area contributed by atoms with Crippen LogP contribution in [-0.4, -0.2) is 37.4 Å². The summed E-state index contributed by atoms with van der Waals surface area (Å²) in [4.78, 5) is 14.2. The van der Waals surface area contributed by atoms with E-state index in [9.17, 15) is 14.3 Å². The third-order valence-electron chi connectivity index (χ3n) is 4.76. The molecule has 0 atom stereocenters. The number of nitrogens with one attached hydrogen (secondary N) is 1. The first kappa shape index (κ1) is 19.8. The van der Waals surface area contributed by atoms with Gasteiger partial charge in [-0.05, 0) is 35.0 Å². The van der Waals surface area contributed by atoms with Crippen molar-refractivity contribution >= 4 is 40.2 Å². The van der Waals surface area contributed by atoms with E-state index in [1.807, 2.05) is 0 Å². The molecule has 1 aliphatic rings. The zero-order chi connectivity index (χ0) is 21.6. The summed E-state index contributed by atoms with van der Waals surface area (Å²) in [7, 11) is 4.89. The third kappa shape index (κ3) is 3.25. The molecule has 0 aliphatic carbocycles. The normalized spacial score (nSPS) is 14.4. The molecule has 0 bridgehead atoms. The quantitative estimate of drug-likeness (QED) is 0.466. The van der Waals surface area contributed by atoms with Crippen molar-refractivity contribution in [3.63, 3.8) is 0 Å². The number of hydrogen-bond acceptors (Lipinski definition) is 6. The van der Waals surface area contributed by atoms with Gasteiger partial charge in [0.25, 0.3) is 11.8 Å². The Balaban J connectivity index is 1.85. The molecule has 3 aromatic rings. The number of aromatic nitrogens is 1. The number of halogens is 2. The molecule has 0 saturated heterocycles. The molecule has 7 nitrogen and oxygen atoms in total. The second-order valence-electron chi connectivity index (χ2n) is 6.85. The Morgan fingerprint density at radius 1 is 1.23 bits per heavy atom. The molecule has 1 aliphatic heterocycles. The van der Waals surface area contributed by atoms with Crippen molar-refractivity contribution in [2.45, 2.75) is 0 Å². The molecule has 0 unspecified atom stereocenters. The molecule has 1 amide bonds. The van der Waals surface area contributed by atoms with Crippen LogP contribution in [-0.2, 0) is 4.79 Å². The fraction of sp³-hybridized carbons (Fsp3) is 0.143. The smallest absolute Gasteiger partial charge is 0.260 e. The summed E-state index contributed by atoms with van der Waals surface area (Å²) in [5, 5.41) is 17.3. The number of aliphatic hydroxyl groups excluding tert-OH is 1. The molecule has 0 fully saturated rings. The van der Waals surface area contributed by atoms with Crippen molar-refractivity contribution in [1.82, 2.24) is 5.16 Å². The van der Waals surface area contributed by atoms with E-state index in [1.165, 1.54) is 19.2 Å². The zero-order valence-corrected chi connectivity index (χ0v) is 17.0. The number of aliphatic hydroxyl groups is 1. The van der Waals surface area contributed by atoms with Gasteiger partial charge in [0.2, 0.25) is 5.76 Å². The van der Waals surface area contributed by atoms with Crippen molar-refractivity contribution in [3.05, 3.63) is 58.6 Å². The molecule has 154 valence electrons. The maximum absolute atomic E-state index is 14.5. The number of methoxy groups -OCH3 is 1. The Kier molecular flexibility index (Phi) is 4.87. The predicted molar refractivity (Wildman–Crippen MR) is 112 cm³/mol. The highest BCUT2D eigenvalue weighted by atomic mass is 35.5. The van der Waals surface area contributed by atoms with E-state index in [0.717, 1.165) is 0 Å². The van der Waals surface area contributed by atoms with Gasteiger partial charge in [-0.1, -0.05) is 17.7 Å². The van der Waals surface area contributed by atoms with Gasteiger partial charge in [-0.3, -0.25) is 4.79 Å². The predicted octanol–water partition coefficient (Wildman–Crippen LogP) is 4.59. The number of nitrogens with zero attached hydrogens (tertiary/aromatic N) is 2. The number of fused-ring (bicyclic) bond motifs is 1.